The Labute approximate surface area is 107 Å². The highest BCUT2D eigenvalue weighted by molar-refractivity contribution is 6.29. The Bertz CT molecular complexity index is 298. The average Bonchev–Trinajstić information content (AvgIpc) is 2.30. The van der Waals surface area contributed by atoms with Crippen molar-refractivity contribution in [2.45, 2.75) is 25.4 Å². The van der Waals surface area contributed by atoms with E-state index in [4.69, 9.17) is 11.6 Å². The lowest BCUT2D eigenvalue weighted by Gasteiger charge is -2.23. The fourth-order valence-corrected chi connectivity index (χ4v) is 1.81. The molecule has 0 aromatic carbocycles. The molecule has 0 aliphatic carbocycles. The molecule has 0 spiro atoms. The quantitative estimate of drug-likeness (QED) is 0.865. The zero-order valence-corrected chi connectivity index (χ0v) is 10.5. The topological polar surface area (TPSA) is 49.8 Å². The summed E-state index contributed by atoms with van der Waals surface area (Å²) >= 11 is 5.66. The molecule has 2 N–H and O–H groups in total. The van der Waals surface area contributed by atoms with Gasteiger partial charge in [0.25, 0.3) is 0 Å². The maximum absolute atomic E-state index is 5.66. The van der Waals surface area contributed by atoms with Gasteiger partial charge in [0.2, 0.25) is 0 Å². The molecular weight excluding hydrogens is 247 g/mol. The van der Waals surface area contributed by atoms with Gasteiger partial charge in [-0.05, 0) is 38.1 Å². The molecule has 0 radical (unpaired) electrons. The van der Waals surface area contributed by atoms with Gasteiger partial charge in [-0.3, -0.25) is 0 Å². The number of piperidine rings is 1. The Hall–Kier alpha value is -0.420. The van der Waals surface area contributed by atoms with E-state index in [0.29, 0.717) is 11.2 Å². The van der Waals surface area contributed by atoms with E-state index in [9.17, 15) is 0 Å². The van der Waals surface area contributed by atoms with E-state index in [1.165, 1.54) is 12.8 Å². The highest BCUT2D eigenvalue weighted by atomic mass is 35.5. The Balaban J connectivity index is 0.00000128. The average molecular weight is 263 g/mol. The van der Waals surface area contributed by atoms with Crippen molar-refractivity contribution in [1.82, 2.24) is 20.8 Å². The molecule has 1 fully saturated rings. The number of halogens is 2. The smallest absolute Gasteiger partial charge is 0.151 e. The third-order valence-corrected chi connectivity index (χ3v) is 2.80. The third kappa shape index (κ3) is 4.22. The standard InChI is InChI=1S/C10H15ClN4.ClH/c11-10-2-1-9(14-15-10)7-13-8-3-5-12-6-4-8;/h1-2,8,12-13H,3-7H2;1H. The van der Waals surface area contributed by atoms with E-state index in [1.807, 2.05) is 6.07 Å². The first kappa shape index (κ1) is 13.6. The second-order valence-electron chi connectivity index (χ2n) is 3.75. The van der Waals surface area contributed by atoms with Gasteiger partial charge in [0, 0.05) is 12.6 Å². The molecule has 1 aromatic heterocycles. The van der Waals surface area contributed by atoms with Crippen molar-refractivity contribution in [3.05, 3.63) is 23.0 Å². The van der Waals surface area contributed by atoms with Crippen LogP contribution in [0.25, 0.3) is 0 Å². The summed E-state index contributed by atoms with van der Waals surface area (Å²) in [5.41, 5.74) is 0.943. The summed E-state index contributed by atoms with van der Waals surface area (Å²) in [7, 11) is 0. The molecule has 1 aliphatic heterocycles. The van der Waals surface area contributed by atoms with Gasteiger partial charge in [-0.25, -0.2) is 0 Å². The minimum absolute atomic E-state index is 0. The molecule has 2 rings (SSSR count). The Morgan fingerprint density at radius 1 is 1.31 bits per heavy atom. The maximum Gasteiger partial charge on any atom is 0.151 e. The van der Waals surface area contributed by atoms with Crippen LogP contribution in [0, 0.1) is 0 Å². The second kappa shape index (κ2) is 7.01. The molecule has 0 atom stereocenters. The van der Waals surface area contributed by atoms with Crippen molar-refractivity contribution in [3.8, 4) is 0 Å². The summed E-state index contributed by atoms with van der Waals surface area (Å²) in [6.07, 6.45) is 2.36. The van der Waals surface area contributed by atoms with Crippen molar-refractivity contribution < 1.29 is 0 Å². The van der Waals surface area contributed by atoms with Crippen LogP contribution in [-0.4, -0.2) is 29.3 Å². The first-order chi connectivity index (χ1) is 7.34. The molecule has 2 heterocycles. The summed E-state index contributed by atoms with van der Waals surface area (Å²) < 4.78 is 0. The fraction of sp³-hybridized carbons (Fsp3) is 0.600. The van der Waals surface area contributed by atoms with Crippen LogP contribution >= 0.6 is 24.0 Å². The van der Waals surface area contributed by atoms with Gasteiger partial charge in [-0.15, -0.1) is 17.5 Å². The predicted molar refractivity (Wildman–Crippen MR) is 67.0 cm³/mol. The van der Waals surface area contributed by atoms with Gasteiger partial charge in [0.1, 0.15) is 0 Å². The van der Waals surface area contributed by atoms with Gasteiger partial charge in [-0.2, -0.15) is 5.10 Å². The first-order valence-corrected chi connectivity index (χ1v) is 5.64. The lowest BCUT2D eigenvalue weighted by Crippen LogP contribution is -2.39. The molecule has 16 heavy (non-hydrogen) atoms. The molecule has 0 bridgehead atoms. The first-order valence-electron chi connectivity index (χ1n) is 5.27. The van der Waals surface area contributed by atoms with E-state index < -0.39 is 0 Å². The minimum atomic E-state index is 0. The molecule has 90 valence electrons. The summed E-state index contributed by atoms with van der Waals surface area (Å²) in [6.45, 7) is 2.97. The van der Waals surface area contributed by atoms with Gasteiger partial charge >= 0.3 is 0 Å². The Morgan fingerprint density at radius 2 is 2.06 bits per heavy atom. The molecule has 1 aromatic rings. The van der Waals surface area contributed by atoms with E-state index >= 15 is 0 Å². The van der Waals surface area contributed by atoms with Gasteiger partial charge in [-0.1, -0.05) is 11.6 Å². The van der Waals surface area contributed by atoms with Crippen LogP contribution in [0.4, 0.5) is 0 Å². The van der Waals surface area contributed by atoms with Crippen LogP contribution in [0.5, 0.6) is 0 Å². The molecule has 4 nitrogen and oxygen atoms in total. The predicted octanol–water partition coefficient (Wildman–Crippen LogP) is 1.39. The van der Waals surface area contributed by atoms with Crippen molar-refractivity contribution >= 4 is 24.0 Å². The Kier molecular flexibility index (Phi) is 5.98. The normalized spacial score (nSPS) is 16.8. The van der Waals surface area contributed by atoms with Crippen LogP contribution in [0.1, 0.15) is 18.5 Å². The minimum Gasteiger partial charge on any atom is -0.317 e. The number of hydrogen-bond donors (Lipinski definition) is 2. The molecule has 1 aliphatic rings. The Morgan fingerprint density at radius 3 is 2.69 bits per heavy atom. The van der Waals surface area contributed by atoms with E-state index in [-0.39, 0.29) is 12.4 Å². The summed E-state index contributed by atoms with van der Waals surface area (Å²) in [5, 5.41) is 15.1. The van der Waals surface area contributed by atoms with E-state index in [0.717, 1.165) is 25.3 Å². The zero-order valence-electron chi connectivity index (χ0n) is 8.95. The lowest BCUT2D eigenvalue weighted by molar-refractivity contribution is 0.384. The third-order valence-electron chi connectivity index (χ3n) is 2.60. The van der Waals surface area contributed by atoms with Crippen molar-refractivity contribution in [1.29, 1.82) is 0 Å². The fourth-order valence-electron chi connectivity index (χ4n) is 1.71. The largest absolute Gasteiger partial charge is 0.317 e. The van der Waals surface area contributed by atoms with Crippen LogP contribution in [0.3, 0.4) is 0 Å². The monoisotopic (exact) mass is 262 g/mol. The van der Waals surface area contributed by atoms with Crippen LogP contribution in [0.15, 0.2) is 12.1 Å². The zero-order chi connectivity index (χ0) is 10.5. The molecule has 1 saturated heterocycles. The summed E-state index contributed by atoms with van der Waals surface area (Å²) in [6, 6.07) is 4.28. The highest BCUT2D eigenvalue weighted by Gasteiger charge is 2.11. The van der Waals surface area contributed by atoms with Crippen LogP contribution in [-0.2, 0) is 6.54 Å². The van der Waals surface area contributed by atoms with E-state index in [2.05, 4.69) is 20.8 Å². The van der Waals surface area contributed by atoms with Gasteiger partial charge in [0.05, 0.1) is 5.69 Å². The SMILES string of the molecule is Cl.Clc1ccc(CNC2CCNCC2)nn1. The van der Waals surface area contributed by atoms with Gasteiger partial charge in [0.15, 0.2) is 5.15 Å². The number of hydrogen-bond acceptors (Lipinski definition) is 4. The number of nitrogens with one attached hydrogen (secondary N) is 2. The summed E-state index contributed by atoms with van der Waals surface area (Å²) in [4.78, 5) is 0. The number of aromatic nitrogens is 2. The molecular formula is C10H16Cl2N4. The van der Waals surface area contributed by atoms with Crippen LogP contribution < -0.4 is 10.6 Å². The number of nitrogens with zero attached hydrogens (tertiary/aromatic N) is 2. The van der Waals surface area contributed by atoms with Crippen molar-refractivity contribution in [2.24, 2.45) is 0 Å². The van der Waals surface area contributed by atoms with Crippen molar-refractivity contribution in [2.75, 3.05) is 13.1 Å². The van der Waals surface area contributed by atoms with Crippen LogP contribution in [0.2, 0.25) is 5.15 Å². The highest BCUT2D eigenvalue weighted by Crippen LogP contribution is 2.05. The lowest BCUT2D eigenvalue weighted by atomic mass is 10.1. The van der Waals surface area contributed by atoms with Gasteiger partial charge < -0.3 is 10.6 Å². The maximum atomic E-state index is 5.66. The second-order valence-corrected chi connectivity index (χ2v) is 4.14. The molecule has 6 heteroatoms. The summed E-state index contributed by atoms with van der Waals surface area (Å²) in [5.74, 6) is 0. The number of rotatable bonds is 3. The molecule has 0 saturated carbocycles. The molecule has 0 unspecified atom stereocenters. The van der Waals surface area contributed by atoms with E-state index in [1.54, 1.807) is 6.07 Å². The molecule has 0 amide bonds. The van der Waals surface area contributed by atoms with Crippen molar-refractivity contribution in [3.63, 3.8) is 0 Å².